The standard InChI is InChI=1S/C20H21BrN4O4/c1-11-7-12(2)23-18-17(11)19(27)25(20(28)24(18)3)10-16(26)22-9-13-8-14(21)5-6-15(13)29-4/h5-8H,9-10H2,1-4H3,(H,22,26). The number of hydrogen-bond acceptors (Lipinski definition) is 5. The molecule has 0 fully saturated rings. The predicted octanol–water partition coefficient (Wildman–Crippen LogP) is 1.80. The number of ether oxygens (including phenoxy) is 1. The molecule has 1 aromatic carbocycles. The van der Waals surface area contributed by atoms with Crippen molar-refractivity contribution in [1.82, 2.24) is 19.4 Å². The summed E-state index contributed by atoms with van der Waals surface area (Å²) in [5.74, 6) is 0.174. The van der Waals surface area contributed by atoms with Gasteiger partial charge in [0.25, 0.3) is 5.56 Å². The van der Waals surface area contributed by atoms with Crippen LogP contribution in [0.5, 0.6) is 5.75 Å². The van der Waals surface area contributed by atoms with E-state index in [1.54, 1.807) is 33.1 Å². The predicted molar refractivity (Wildman–Crippen MR) is 113 cm³/mol. The van der Waals surface area contributed by atoms with Crippen LogP contribution in [0.1, 0.15) is 16.8 Å². The summed E-state index contributed by atoms with van der Waals surface area (Å²) in [4.78, 5) is 42.3. The Morgan fingerprint density at radius 1 is 1.24 bits per heavy atom. The van der Waals surface area contributed by atoms with Gasteiger partial charge in [0.05, 0.1) is 12.5 Å². The van der Waals surface area contributed by atoms with Crippen LogP contribution in [0.25, 0.3) is 11.0 Å². The average Bonchev–Trinajstić information content (AvgIpc) is 2.67. The summed E-state index contributed by atoms with van der Waals surface area (Å²) in [5.41, 5.74) is 1.39. The lowest BCUT2D eigenvalue weighted by Crippen LogP contribution is -2.43. The normalized spacial score (nSPS) is 10.9. The van der Waals surface area contributed by atoms with Crippen LogP contribution < -0.4 is 21.3 Å². The highest BCUT2D eigenvalue weighted by molar-refractivity contribution is 9.10. The first kappa shape index (κ1) is 20.8. The van der Waals surface area contributed by atoms with Crippen molar-refractivity contribution >= 4 is 32.9 Å². The van der Waals surface area contributed by atoms with Crippen molar-refractivity contribution in [2.75, 3.05) is 7.11 Å². The third-order valence-electron chi connectivity index (χ3n) is 4.64. The molecule has 152 valence electrons. The molecule has 0 saturated heterocycles. The van der Waals surface area contributed by atoms with Gasteiger partial charge in [0.15, 0.2) is 0 Å². The highest BCUT2D eigenvalue weighted by atomic mass is 79.9. The minimum Gasteiger partial charge on any atom is -0.496 e. The molecule has 0 aliphatic heterocycles. The van der Waals surface area contributed by atoms with E-state index in [4.69, 9.17) is 4.74 Å². The summed E-state index contributed by atoms with van der Waals surface area (Å²) in [6, 6.07) is 7.23. The molecule has 0 aliphatic rings. The van der Waals surface area contributed by atoms with Gasteiger partial charge in [-0.2, -0.15) is 0 Å². The lowest BCUT2D eigenvalue weighted by molar-refractivity contribution is -0.121. The number of nitrogens with zero attached hydrogens (tertiary/aromatic N) is 3. The quantitative estimate of drug-likeness (QED) is 0.626. The first-order valence-electron chi connectivity index (χ1n) is 8.89. The van der Waals surface area contributed by atoms with Crippen LogP contribution in [0.4, 0.5) is 0 Å². The Balaban J connectivity index is 1.91. The Bertz CT molecular complexity index is 1230. The van der Waals surface area contributed by atoms with E-state index in [9.17, 15) is 14.4 Å². The first-order chi connectivity index (χ1) is 13.7. The van der Waals surface area contributed by atoms with Crippen LogP contribution in [0.3, 0.4) is 0 Å². The number of aryl methyl sites for hydroxylation is 3. The summed E-state index contributed by atoms with van der Waals surface area (Å²) in [5, 5.41) is 3.06. The average molecular weight is 461 g/mol. The number of aromatic nitrogens is 3. The Labute approximate surface area is 175 Å². The maximum Gasteiger partial charge on any atom is 0.332 e. The van der Waals surface area contributed by atoms with Gasteiger partial charge in [-0.3, -0.25) is 18.7 Å². The van der Waals surface area contributed by atoms with E-state index in [-0.39, 0.29) is 13.1 Å². The van der Waals surface area contributed by atoms with E-state index in [1.165, 1.54) is 11.6 Å². The van der Waals surface area contributed by atoms with Gasteiger partial charge >= 0.3 is 5.69 Å². The Hall–Kier alpha value is -2.94. The number of pyridine rings is 1. The minimum absolute atomic E-state index is 0.198. The van der Waals surface area contributed by atoms with E-state index in [0.717, 1.165) is 14.6 Å². The Morgan fingerprint density at radius 2 is 1.97 bits per heavy atom. The number of amides is 1. The topological polar surface area (TPSA) is 95.2 Å². The van der Waals surface area contributed by atoms with Crippen molar-refractivity contribution in [2.24, 2.45) is 7.05 Å². The van der Waals surface area contributed by atoms with Crippen LogP contribution >= 0.6 is 15.9 Å². The first-order valence-corrected chi connectivity index (χ1v) is 9.69. The van der Waals surface area contributed by atoms with Crippen LogP contribution in [0.2, 0.25) is 0 Å². The second kappa shape index (κ2) is 8.20. The number of nitrogens with one attached hydrogen (secondary N) is 1. The molecule has 0 unspecified atom stereocenters. The fourth-order valence-electron chi connectivity index (χ4n) is 3.24. The SMILES string of the molecule is COc1ccc(Br)cc1CNC(=O)Cn1c(=O)c2c(C)cc(C)nc2n(C)c1=O. The number of halogens is 1. The van der Waals surface area contributed by atoms with E-state index < -0.39 is 17.2 Å². The fraction of sp³-hybridized carbons (Fsp3) is 0.300. The van der Waals surface area contributed by atoms with Gasteiger partial charge in [-0.15, -0.1) is 0 Å². The van der Waals surface area contributed by atoms with Crippen LogP contribution in [0, 0.1) is 13.8 Å². The molecule has 1 N–H and O–H groups in total. The van der Waals surface area contributed by atoms with Crippen LogP contribution in [-0.4, -0.2) is 27.1 Å². The lowest BCUT2D eigenvalue weighted by Gasteiger charge is -2.13. The Kier molecular flexibility index (Phi) is 5.88. The molecule has 2 aromatic heterocycles. The van der Waals surface area contributed by atoms with Gasteiger partial charge in [0, 0.05) is 29.3 Å². The van der Waals surface area contributed by atoms with Gasteiger partial charge in [0.1, 0.15) is 17.9 Å². The number of hydrogen-bond donors (Lipinski definition) is 1. The molecule has 0 aliphatic carbocycles. The van der Waals surface area contributed by atoms with E-state index in [1.807, 2.05) is 12.1 Å². The van der Waals surface area contributed by atoms with Crippen LogP contribution in [0.15, 0.2) is 38.3 Å². The van der Waals surface area contributed by atoms with Gasteiger partial charge in [-0.05, 0) is 43.7 Å². The number of rotatable bonds is 5. The summed E-state index contributed by atoms with van der Waals surface area (Å²) in [6.45, 7) is 3.40. The van der Waals surface area contributed by atoms with Gasteiger partial charge in [0.2, 0.25) is 5.91 Å². The molecule has 1 amide bonds. The third-order valence-corrected chi connectivity index (χ3v) is 5.13. The molecule has 0 saturated carbocycles. The number of fused-ring (bicyclic) bond motifs is 1. The molecule has 9 heteroatoms. The maximum atomic E-state index is 12.9. The van der Waals surface area contributed by atoms with Crippen molar-refractivity contribution in [3.63, 3.8) is 0 Å². The smallest absolute Gasteiger partial charge is 0.332 e. The zero-order valence-corrected chi connectivity index (χ0v) is 18.2. The summed E-state index contributed by atoms with van der Waals surface area (Å²) in [6.07, 6.45) is 0. The van der Waals surface area contributed by atoms with Crippen molar-refractivity contribution in [3.8, 4) is 5.75 Å². The number of carbonyl (C=O) groups is 1. The van der Waals surface area contributed by atoms with Crippen molar-refractivity contribution in [1.29, 1.82) is 0 Å². The molecule has 0 radical (unpaired) electrons. The molecule has 3 aromatic rings. The molecule has 0 spiro atoms. The fourth-order valence-corrected chi connectivity index (χ4v) is 3.64. The number of methoxy groups -OCH3 is 1. The molecule has 0 atom stereocenters. The van der Waals surface area contributed by atoms with Crippen LogP contribution in [-0.2, 0) is 24.9 Å². The Morgan fingerprint density at radius 3 is 2.66 bits per heavy atom. The van der Waals surface area contributed by atoms with E-state index in [2.05, 4.69) is 26.2 Å². The zero-order chi connectivity index (χ0) is 21.3. The van der Waals surface area contributed by atoms with Gasteiger partial charge in [-0.25, -0.2) is 9.78 Å². The van der Waals surface area contributed by atoms with Gasteiger partial charge < -0.3 is 10.1 Å². The second-order valence-corrected chi connectivity index (χ2v) is 7.66. The number of carbonyl (C=O) groups excluding carboxylic acids is 1. The van der Waals surface area contributed by atoms with E-state index >= 15 is 0 Å². The summed E-state index contributed by atoms with van der Waals surface area (Å²) in [7, 11) is 3.09. The molecule has 8 nitrogen and oxygen atoms in total. The second-order valence-electron chi connectivity index (χ2n) is 6.74. The van der Waals surface area contributed by atoms with Crippen molar-refractivity contribution in [3.05, 3.63) is 66.4 Å². The summed E-state index contributed by atoms with van der Waals surface area (Å²) < 4.78 is 8.36. The monoisotopic (exact) mass is 460 g/mol. The van der Waals surface area contributed by atoms with Crippen molar-refractivity contribution in [2.45, 2.75) is 26.9 Å². The van der Waals surface area contributed by atoms with Crippen molar-refractivity contribution < 1.29 is 9.53 Å². The largest absolute Gasteiger partial charge is 0.496 e. The molecular weight excluding hydrogens is 440 g/mol. The third kappa shape index (κ3) is 4.09. The molecule has 0 bridgehead atoms. The molecule has 3 rings (SSSR count). The number of benzene rings is 1. The maximum absolute atomic E-state index is 12.9. The highest BCUT2D eigenvalue weighted by Gasteiger charge is 2.17. The molecular formula is C20H21BrN4O4. The molecule has 29 heavy (non-hydrogen) atoms. The summed E-state index contributed by atoms with van der Waals surface area (Å²) >= 11 is 3.38. The highest BCUT2D eigenvalue weighted by Crippen LogP contribution is 2.22. The lowest BCUT2D eigenvalue weighted by atomic mass is 10.2. The zero-order valence-electron chi connectivity index (χ0n) is 16.6. The molecule has 2 heterocycles. The van der Waals surface area contributed by atoms with Gasteiger partial charge in [-0.1, -0.05) is 15.9 Å². The van der Waals surface area contributed by atoms with E-state index in [0.29, 0.717) is 28.0 Å². The minimum atomic E-state index is -0.588.